The van der Waals surface area contributed by atoms with Crippen LogP contribution in [0.3, 0.4) is 0 Å². The van der Waals surface area contributed by atoms with E-state index >= 15 is 0 Å². The van der Waals surface area contributed by atoms with E-state index in [1.807, 2.05) is 6.92 Å². The first kappa shape index (κ1) is 13.5. The third-order valence-electron chi connectivity index (χ3n) is 4.12. The Hall–Kier alpha value is -0.530. The highest BCUT2D eigenvalue weighted by Crippen LogP contribution is 2.40. The molecule has 0 heterocycles. The fraction of sp³-hybridized carbons (Fsp3) is 0.929. The molecule has 0 bridgehead atoms. The largest absolute Gasteiger partial charge is 0.481 e. The molecule has 0 aromatic heterocycles. The van der Waals surface area contributed by atoms with Crippen molar-refractivity contribution in [1.82, 2.24) is 0 Å². The molecule has 2 heteroatoms. The molecule has 0 unspecified atom stereocenters. The van der Waals surface area contributed by atoms with E-state index in [2.05, 4.69) is 13.8 Å². The number of hydrogen-bond donors (Lipinski definition) is 1. The molecule has 1 saturated carbocycles. The van der Waals surface area contributed by atoms with Crippen molar-refractivity contribution < 1.29 is 9.90 Å². The quantitative estimate of drug-likeness (QED) is 0.766. The predicted octanol–water partition coefficient (Wildman–Crippen LogP) is 4.09. The van der Waals surface area contributed by atoms with Crippen LogP contribution in [0.1, 0.15) is 65.7 Å². The lowest BCUT2D eigenvalue weighted by atomic mass is 9.70. The summed E-state index contributed by atoms with van der Waals surface area (Å²) in [6, 6.07) is 0. The Kier molecular flexibility index (Phi) is 4.82. The van der Waals surface area contributed by atoms with Crippen LogP contribution in [-0.2, 0) is 4.79 Å². The third-order valence-corrected chi connectivity index (χ3v) is 4.12. The number of carboxylic acid groups (broad SMARTS) is 1. The van der Waals surface area contributed by atoms with Gasteiger partial charge in [0, 0.05) is 0 Å². The maximum absolute atomic E-state index is 11.1. The van der Waals surface area contributed by atoms with Gasteiger partial charge in [0.25, 0.3) is 0 Å². The molecule has 1 rings (SSSR count). The zero-order valence-electron chi connectivity index (χ0n) is 11.0. The lowest BCUT2D eigenvalue weighted by Crippen LogP contribution is -2.32. The number of carboxylic acids is 1. The van der Waals surface area contributed by atoms with Crippen LogP contribution in [0.2, 0.25) is 0 Å². The van der Waals surface area contributed by atoms with Crippen molar-refractivity contribution in [3.8, 4) is 0 Å². The van der Waals surface area contributed by atoms with Crippen LogP contribution in [0.4, 0.5) is 0 Å². The summed E-state index contributed by atoms with van der Waals surface area (Å²) in [7, 11) is 0. The highest BCUT2D eigenvalue weighted by atomic mass is 16.4. The van der Waals surface area contributed by atoms with Crippen molar-refractivity contribution in [2.45, 2.75) is 65.7 Å². The van der Waals surface area contributed by atoms with Crippen LogP contribution in [0, 0.1) is 17.3 Å². The van der Waals surface area contributed by atoms with E-state index in [4.69, 9.17) is 5.11 Å². The van der Waals surface area contributed by atoms with Gasteiger partial charge in [-0.15, -0.1) is 0 Å². The molecule has 0 aliphatic heterocycles. The minimum atomic E-state index is -0.604. The Morgan fingerprint density at radius 2 is 1.94 bits per heavy atom. The van der Waals surface area contributed by atoms with Gasteiger partial charge in [-0.1, -0.05) is 33.1 Å². The summed E-state index contributed by atoms with van der Waals surface area (Å²) in [5.74, 6) is 0.979. The van der Waals surface area contributed by atoms with E-state index in [9.17, 15) is 4.79 Å². The second-order valence-corrected chi connectivity index (χ2v) is 6.13. The smallest absolute Gasteiger partial charge is 0.309 e. The van der Waals surface area contributed by atoms with Gasteiger partial charge < -0.3 is 5.11 Å². The molecule has 0 spiro atoms. The van der Waals surface area contributed by atoms with Crippen molar-refractivity contribution >= 4 is 5.97 Å². The van der Waals surface area contributed by atoms with Gasteiger partial charge in [-0.2, -0.15) is 0 Å². The summed E-state index contributed by atoms with van der Waals surface area (Å²) < 4.78 is 0. The molecule has 1 aliphatic rings. The zero-order valence-corrected chi connectivity index (χ0v) is 11.0. The Bertz CT molecular complexity index is 225. The van der Waals surface area contributed by atoms with Crippen molar-refractivity contribution in [1.29, 1.82) is 0 Å². The first-order valence-corrected chi connectivity index (χ1v) is 6.67. The molecule has 0 amide bonds. The zero-order chi connectivity index (χ0) is 12.2. The number of aliphatic carboxylic acids is 1. The summed E-state index contributed by atoms with van der Waals surface area (Å²) in [4.78, 5) is 11.1. The normalized spacial score (nSPS) is 30.6. The lowest BCUT2D eigenvalue weighted by molar-refractivity contribution is -0.150. The van der Waals surface area contributed by atoms with Crippen molar-refractivity contribution in [3.05, 3.63) is 0 Å². The van der Waals surface area contributed by atoms with Crippen LogP contribution < -0.4 is 0 Å². The van der Waals surface area contributed by atoms with Crippen LogP contribution in [0.25, 0.3) is 0 Å². The van der Waals surface area contributed by atoms with Crippen LogP contribution in [0.5, 0.6) is 0 Å². The van der Waals surface area contributed by atoms with Crippen LogP contribution in [0.15, 0.2) is 0 Å². The first-order valence-electron chi connectivity index (χ1n) is 6.67. The summed E-state index contributed by atoms with van der Waals surface area (Å²) in [5, 5.41) is 9.13. The molecule has 1 N–H and O–H groups in total. The minimum absolute atomic E-state index is 0.436. The molecular weight excluding hydrogens is 200 g/mol. The van der Waals surface area contributed by atoms with E-state index in [0.29, 0.717) is 0 Å². The first-order chi connectivity index (χ1) is 7.44. The van der Waals surface area contributed by atoms with Gasteiger partial charge in [0.05, 0.1) is 5.41 Å². The average molecular weight is 226 g/mol. The molecule has 0 atom stereocenters. The Morgan fingerprint density at radius 1 is 1.38 bits per heavy atom. The van der Waals surface area contributed by atoms with Gasteiger partial charge in [0.2, 0.25) is 0 Å². The Morgan fingerprint density at radius 3 is 2.38 bits per heavy atom. The summed E-state index contributed by atoms with van der Waals surface area (Å²) in [5.41, 5.74) is -0.436. The maximum atomic E-state index is 11.1. The van der Waals surface area contributed by atoms with Gasteiger partial charge in [-0.3, -0.25) is 4.79 Å². The molecular formula is C14H26O2. The van der Waals surface area contributed by atoms with Crippen LogP contribution in [-0.4, -0.2) is 11.1 Å². The highest BCUT2D eigenvalue weighted by molar-refractivity contribution is 5.74. The van der Waals surface area contributed by atoms with Gasteiger partial charge in [0.1, 0.15) is 0 Å². The fourth-order valence-corrected chi connectivity index (χ4v) is 2.63. The van der Waals surface area contributed by atoms with Gasteiger partial charge in [0.15, 0.2) is 0 Å². The monoisotopic (exact) mass is 226 g/mol. The Balaban J connectivity index is 2.24. The molecule has 0 aromatic carbocycles. The summed E-state index contributed by atoms with van der Waals surface area (Å²) in [6.45, 7) is 6.43. The van der Waals surface area contributed by atoms with E-state index in [0.717, 1.165) is 37.5 Å². The molecule has 0 saturated heterocycles. The second kappa shape index (κ2) is 5.70. The summed E-state index contributed by atoms with van der Waals surface area (Å²) in [6.07, 6.45) is 7.89. The predicted molar refractivity (Wildman–Crippen MR) is 66.4 cm³/mol. The van der Waals surface area contributed by atoms with E-state index in [-0.39, 0.29) is 0 Å². The molecule has 16 heavy (non-hydrogen) atoms. The van der Waals surface area contributed by atoms with E-state index < -0.39 is 11.4 Å². The van der Waals surface area contributed by atoms with Crippen molar-refractivity contribution in [3.63, 3.8) is 0 Å². The van der Waals surface area contributed by atoms with Crippen molar-refractivity contribution in [2.24, 2.45) is 17.3 Å². The Labute approximate surface area is 99.4 Å². The molecule has 2 nitrogen and oxygen atoms in total. The van der Waals surface area contributed by atoms with E-state index in [1.165, 1.54) is 19.3 Å². The molecule has 1 fully saturated rings. The van der Waals surface area contributed by atoms with Crippen LogP contribution >= 0.6 is 0 Å². The van der Waals surface area contributed by atoms with Gasteiger partial charge in [-0.25, -0.2) is 0 Å². The number of rotatable bonds is 5. The molecule has 0 radical (unpaired) electrons. The topological polar surface area (TPSA) is 37.3 Å². The highest BCUT2D eigenvalue weighted by Gasteiger charge is 2.37. The number of hydrogen-bond acceptors (Lipinski definition) is 1. The van der Waals surface area contributed by atoms with Gasteiger partial charge >= 0.3 is 5.97 Å². The van der Waals surface area contributed by atoms with Gasteiger partial charge in [-0.05, 0) is 44.4 Å². The second-order valence-electron chi connectivity index (χ2n) is 6.13. The minimum Gasteiger partial charge on any atom is -0.481 e. The molecule has 1 aliphatic carbocycles. The lowest BCUT2D eigenvalue weighted by Gasteiger charge is -2.34. The van der Waals surface area contributed by atoms with E-state index in [1.54, 1.807) is 0 Å². The molecule has 94 valence electrons. The summed E-state index contributed by atoms with van der Waals surface area (Å²) >= 11 is 0. The maximum Gasteiger partial charge on any atom is 0.309 e. The standard InChI is InChI=1S/C14H26O2/c1-11(2)5-4-6-12-7-9-14(3,10-8-12)13(15)16/h11-12H,4-10H2,1-3H3,(H,15,16)/t12-,14-. The number of carbonyl (C=O) groups is 1. The average Bonchev–Trinajstić information content (AvgIpc) is 2.20. The fourth-order valence-electron chi connectivity index (χ4n) is 2.63. The molecule has 0 aromatic rings. The third kappa shape index (κ3) is 3.80. The van der Waals surface area contributed by atoms with Crippen molar-refractivity contribution in [2.75, 3.05) is 0 Å². The SMILES string of the molecule is CC(C)CCC[C@H]1CC[C@](C)(C(=O)O)CC1.